The van der Waals surface area contributed by atoms with Crippen LogP contribution in [0.3, 0.4) is 0 Å². The number of anilines is 1. The third-order valence-electron chi connectivity index (χ3n) is 3.15. The number of nitrogens with zero attached hydrogens (tertiary/aromatic N) is 1. The highest BCUT2D eigenvalue weighted by Crippen LogP contribution is 2.10. The molecular formula is C17H20N2O2. The molecule has 4 nitrogen and oxygen atoms in total. The zero-order chi connectivity index (χ0) is 15.1. The topological polar surface area (TPSA) is 55.6 Å². The van der Waals surface area contributed by atoms with Crippen LogP contribution in [0, 0.1) is 0 Å². The van der Waals surface area contributed by atoms with Crippen LogP contribution in [0.5, 0.6) is 5.75 Å². The Hall–Kier alpha value is -2.49. The van der Waals surface area contributed by atoms with Gasteiger partial charge in [-0.1, -0.05) is 30.3 Å². The van der Waals surface area contributed by atoms with Crippen molar-refractivity contribution in [3.63, 3.8) is 0 Å². The summed E-state index contributed by atoms with van der Waals surface area (Å²) in [6.45, 7) is 0.958. The minimum Gasteiger partial charge on any atom is -0.493 e. The van der Waals surface area contributed by atoms with E-state index < -0.39 is 0 Å². The first-order valence-electron chi connectivity index (χ1n) is 6.91. The SMILES string of the molecule is CN(Cc1ccc(N)cc1)C(=O)CCOc1ccccc1. The molecule has 0 heterocycles. The number of rotatable bonds is 6. The molecule has 0 saturated carbocycles. The number of benzene rings is 2. The van der Waals surface area contributed by atoms with E-state index in [2.05, 4.69) is 0 Å². The van der Waals surface area contributed by atoms with Gasteiger partial charge in [0.05, 0.1) is 13.0 Å². The number of carbonyl (C=O) groups is 1. The molecule has 4 heteroatoms. The summed E-state index contributed by atoms with van der Waals surface area (Å²) in [4.78, 5) is 13.7. The monoisotopic (exact) mass is 284 g/mol. The molecule has 2 N–H and O–H groups in total. The van der Waals surface area contributed by atoms with E-state index in [0.29, 0.717) is 19.6 Å². The van der Waals surface area contributed by atoms with Crippen LogP contribution in [0.2, 0.25) is 0 Å². The average molecular weight is 284 g/mol. The van der Waals surface area contributed by atoms with E-state index >= 15 is 0 Å². The van der Waals surface area contributed by atoms with Gasteiger partial charge in [0.25, 0.3) is 0 Å². The Morgan fingerprint density at radius 1 is 1.10 bits per heavy atom. The lowest BCUT2D eigenvalue weighted by atomic mass is 10.2. The van der Waals surface area contributed by atoms with Crippen molar-refractivity contribution in [2.45, 2.75) is 13.0 Å². The van der Waals surface area contributed by atoms with E-state index in [4.69, 9.17) is 10.5 Å². The zero-order valence-corrected chi connectivity index (χ0v) is 12.2. The van der Waals surface area contributed by atoms with Gasteiger partial charge < -0.3 is 15.4 Å². The van der Waals surface area contributed by atoms with Crippen LogP contribution in [0.15, 0.2) is 54.6 Å². The van der Waals surface area contributed by atoms with Crippen molar-refractivity contribution < 1.29 is 9.53 Å². The summed E-state index contributed by atoms with van der Waals surface area (Å²) < 4.78 is 5.53. The second kappa shape index (κ2) is 7.33. The lowest BCUT2D eigenvalue weighted by Gasteiger charge is -2.17. The summed E-state index contributed by atoms with van der Waals surface area (Å²) >= 11 is 0. The number of nitrogens with two attached hydrogens (primary N) is 1. The highest BCUT2D eigenvalue weighted by atomic mass is 16.5. The van der Waals surface area contributed by atoms with Crippen LogP contribution in [-0.2, 0) is 11.3 Å². The molecule has 2 rings (SSSR count). The molecule has 0 aliphatic carbocycles. The molecule has 0 aromatic heterocycles. The summed E-state index contributed by atoms with van der Waals surface area (Å²) in [7, 11) is 1.79. The molecule has 0 spiro atoms. The van der Waals surface area contributed by atoms with Crippen LogP contribution in [-0.4, -0.2) is 24.5 Å². The van der Waals surface area contributed by atoms with Gasteiger partial charge in [-0.2, -0.15) is 0 Å². The van der Waals surface area contributed by atoms with Gasteiger partial charge >= 0.3 is 0 Å². The van der Waals surface area contributed by atoms with E-state index in [9.17, 15) is 4.79 Å². The molecule has 0 aliphatic heterocycles. The van der Waals surface area contributed by atoms with E-state index in [-0.39, 0.29) is 5.91 Å². The fraction of sp³-hybridized carbons (Fsp3) is 0.235. The van der Waals surface area contributed by atoms with Crippen molar-refractivity contribution in [2.24, 2.45) is 0 Å². The van der Waals surface area contributed by atoms with Crippen LogP contribution in [0.4, 0.5) is 5.69 Å². The van der Waals surface area contributed by atoms with Crippen molar-refractivity contribution in [2.75, 3.05) is 19.4 Å². The highest BCUT2D eigenvalue weighted by molar-refractivity contribution is 5.76. The molecule has 2 aromatic carbocycles. The van der Waals surface area contributed by atoms with Crippen molar-refractivity contribution in [3.05, 3.63) is 60.2 Å². The quantitative estimate of drug-likeness (QED) is 0.830. The van der Waals surface area contributed by atoms with Gasteiger partial charge in [0.2, 0.25) is 5.91 Å². The maximum atomic E-state index is 12.0. The Kier molecular flexibility index (Phi) is 5.21. The summed E-state index contributed by atoms with van der Waals surface area (Å²) in [6, 6.07) is 17.0. The molecular weight excluding hydrogens is 264 g/mol. The van der Waals surface area contributed by atoms with Crippen molar-refractivity contribution in [3.8, 4) is 5.75 Å². The fourth-order valence-electron chi connectivity index (χ4n) is 1.95. The van der Waals surface area contributed by atoms with Gasteiger partial charge in [-0.05, 0) is 29.8 Å². The Labute approximate surface area is 125 Å². The molecule has 0 atom stereocenters. The molecule has 0 bridgehead atoms. The Morgan fingerprint density at radius 3 is 2.43 bits per heavy atom. The van der Waals surface area contributed by atoms with E-state index in [1.807, 2.05) is 54.6 Å². The van der Waals surface area contributed by atoms with Crippen LogP contribution in [0.1, 0.15) is 12.0 Å². The number of hydrogen-bond acceptors (Lipinski definition) is 3. The summed E-state index contributed by atoms with van der Waals surface area (Å²) in [5.74, 6) is 0.842. The number of carbonyl (C=O) groups excluding carboxylic acids is 1. The number of nitrogen functional groups attached to an aromatic ring is 1. The normalized spacial score (nSPS) is 10.1. The first kappa shape index (κ1) is 14.9. The van der Waals surface area contributed by atoms with Crippen LogP contribution >= 0.6 is 0 Å². The third-order valence-corrected chi connectivity index (χ3v) is 3.15. The Morgan fingerprint density at radius 2 is 1.76 bits per heavy atom. The highest BCUT2D eigenvalue weighted by Gasteiger charge is 2.09. The van der Waals surface area contributed by atoms with Gasteiger partial charge in [0.15, 0.2) is 0 Å². The molecule has 2 aromatic rings. The van der Waals surface area contributed by atoms with Crippen LogP contribution in [0.25, 0.3) is 0 Å². The number of ether oxygens (including phenoxy) is 1. The predicted molar refractivity (Wildman–Crippen MR) is 83.9 cm³/mol. The molecule has 0 unspecified atom stereocenters. The van der Waals surface area contributed by atoms with Crippen molar-refractivity contribution >= 4 is 11.6 Å². The maximum absolute atomic E-state index is 12.0. The molecule has 110 valence electrons. The fourth-order valence-corrected chi connectivity index (χ4v) is 1.95. The first-order valence-corrected chi connectivity index (χ1v) is 6.91. The molecule has 1 amide bonds. The molecule has 0 aliphatic rings. The number of amides is 1. The largest absolute Gasteiger partial charge is 0.493 e. The van der Waals surface area contributed by atoms with Crippen LogP contribution < -0.4 is 10.5 Å². The summed E-state index contributed by atoms with van der Waals surface area (Å²) in [5, 5.41) is 0. The van der Waals surface area contributed by atoms with E-state index in [0.717, 1.165) is 17.0 Å². The number of hydrogen-bond donors (Lipinski definition) is 1. The third kappa shape index (κ3) is 4.84. The second-order valence-corrected chi connectivity index (χ2v) is 4.90. The van der Waals surface area contributed by atoms with Crippen molar-refractivity contribution in [1.82, 2.24) is 4.90 Å². The molecule has 0 fully saturated rings. The van der Waals surface area contributed by atoms with Gasteiger partial charge in [0, 0.05) is 19.3 Å². The van der Waals surface area contributed by atoms with Gasteiger partial charge in [-0.25, -0.2) is 0 Å². The molecule has 0 saturated heterocycles. The Bertz CT molecular complexity index is 567. The standard InChI is InChI=1S/C17H20N2O2/c1-19(13-14-7-9-15(18)10-8-14)17(20)11-12-21-16-5-3-2-4-6-16/h2-10H,11-13,18H2,1H3. The minimum atomic E-state index is 0.0581. The zero-order valence-electron chi connectivity index (χ0n) is 12.2. The van der Waals surface area contributed by atoms with Gasteiger partial charge in [0.1, 0.15) is 5.75 Å². The lowest BCUT2D eigenvalue weighted by Crippen LogP contribution is -2.27. The Balaban J connectivity index is 1.76. The van der Waals surface area contributed by atoms with Crippen molar-refractivity contribution in [1.29, 1.82) is 0 Å². The maximum Gasteiger partial charge on any atom is 0.226 e. The van der Waals surface area contributed by atoms with Gasteiger partial charge in [-0.3, -0.25) is 4.79 Å². The second-order valence-electron chi connectivity index (χ2n) is 4.90. The molecule has 0 radical (unpaired) electrons. The smallest absolute Gasteiger partial charge is 0.226 e. The average Bonchev–Trinajstić information content (AvgIpc) is 2.50. The van der Waals surface area contributed by atoms with E-state index in [1.54, 1.807) is 11.9 Å². The van der Waals surface area contributed by atoms with Gasteiger partial charge in [-0.15, -0.1) is 0 Å². The van der Waals surface area contributed by atoms with E-state index in [1.165, 1.54) is 0 Å². The lowest BCUT2D eigenvalue weighted by molar-refractivity contribution is -0.130. The summed E-state index contributed by atoms with van der Waals surface area (Å²) in [6.07, 6.45) is 0.361. The minimum absolute atomic E-state index is 0.0581. The predicted octanol–water partition coefficient (Wildman–Crippen LogP) is 2.70. The summed E-state index contributed by atoms with van der Waals surface area (Å²) in [5.41, 5.74) is 7.43. The first-order chi connectivity index (χ1) is 10.1. The number of para-hydroxylation sites is 1. The molecule has 21 heavy (non-hydrogen) atoms.